The van der Waals surface area contributed by atoms with E-state index in [1.165, 1.54) is 0 Å². The maximum Gasteiger partial charge on any atom is 0.133 e. The van der Waals surface area contributed by atoms with Gasteiger partial charge in [0, 0.05) is 31.4 Å². The zero-order valence-corrected chi connectivity index (χ0v) is 9.44. The van der Waals surface area contributed by atoms with Crippen LogP contribution in [0.2, 0.25) is 0 Å². The van der Waals surface area contributed by atoms with Gasteiger partial charge >= 0.3 is 0 Å². The van der Waals surface area contributed by atoms with Crippen molar-refractivity contribution in [1.82, 2.24) is 10.2 Å². The molecule has 0 atom stereocenters. The summed E-state index contributed by atoms with van der Waals surface area (Å²) < 4.78 is 0. The summed E-state index contributed by atoms with van der Waals surface area (Å²) in [6.45, 7) is 3.89. The van der Waals surface area contributed by atoms with Crippen LogP contribution in [0.3, 0.4) is 0 Å². The second-order valence-electron chi connectivity index (χ2n) is 4.19. The zero-order valence-electron chi connectivity index (χ0n) is 9.44. The van der Waals surface area contributed by atoms with E-state index in [0.29, 0.717) is 5.22 Å². The molecule has 0 bridgehead atoms. The zero-order chi connectivity index (χ0) is 11.7. The van der Waals surface area contributed by atoms with Gasteiger partial charge in [0.05, 0.1) is 10.9 Å². The molecule has 2 aliphatic heterocycles. The van der Waals surface area contributed by atoms with Crippen LogP contribution in [0.5, 0.6) is 0 Å². The number of rotatable bonds is 0. The van der Waals surface area contributed by atoms with Crippen LogP contribution >= 0.6 is 0 Å². The Morgan fingerprint density at radius 2 is 2.12 bits per heavy atom. The number of nitrogens with zero attached hydrogens (tertiary/aromatic N) is 2. The predicted molar refractivity (Wildman–Crippen MR) is 66.5 cm³/mol. The van der Waals surface area contributed by atoms with E-state index in [4.69, 9.17) is 0 Å². The van der Waals surface area contributed by atoms with E-state index in [0.717, 1.165) is 42.9 Å². The third-order valence-electron chi connectivity index (χ3n) is 3.14. The van der Waals surface area contributed by atoms with Gasteiger partial charge in [0.1, 0.15) is 11.8 Å². The molecule has 1 saturated heterocycles. The number of hydrogen-bond donors (Lipinski definition) is 1. The first-order valence-corrected chi connectivity index (χ1v) is 5.79. The summed E-state index contributed by atoms with van der Waals surface area (Å²) in [4.78, 5) is 17.6. The first-order valence-electron chi connectivity index (χ1n) is 5.79. The molecule has 0 saturated carbocycles. The van der Waals surface area contributed by atoms with Crippen LogP contribution in [0, 0.1) is 0 Å². The second-order valence-corrected chi connectivity index (χ2v) is 4.19. The molecular weight excluding hydrogens is 214 g/mol. The molecular formula is C13H13N3O. The predicted octanol–water partition coefficient (Wildman–Crippen LogP) is -1.08. The van der Waals surface area contributed by atoms with E-state index in [9.17, 15) is 4.79 Å². The lowest BCUT2D eigenvalue weighted by molar-refractivity contribution is 0.361. The summed E-state index contributed by atoms with van der Waals surface area (Å²) in [5.41, 5.74) is 0.874. The minimum absolute atomic E-state index is 0.594. The molecule has 1 aromatic carbocycles. The third kappa shape index (κ3) is 1.78. The molecule has 0 amide bonds. The molecule has 1 N–H and O–H groups in total. The highest BCUT2D eigenvalue weighted by Gasteiger charge is 2.16. The summed E-state index contributed by atoms with van der Waals surface area (Å²) in [6, 6.07) is 5.55. The van der Waals surface area contributed by atoms with Crippen LogP contribution in [0.25, 0.3) is 6.08 Å². The maximum atomic E-state index is 10.8. The van der Waals surface area contributed by atoms with Crippen molar-refractivity contribution in [3.05, 3.63) is 28.6 Å². The normalized spacial score (nSPS) is 18.1. The second kappa shape index (κ2) is 4.17. The van der Waals surface area contributed by atoms with Crippen LogP contribution < -0.4 is 15.8 Å². The minimum Gasteiger partial charge on any atom is -0.354 e. The van der Waals surface area contributed by atoms with Gasteiger partial charge in [-0.1, -0.05) is 6.07 Å². The number of nitrogens with one attached hydrogen (secondary N) is 1. The lowest BCUT2D eigenvalue weighted by Gasteiger charge is -2.28. The van der Waals surface area contributed by atoms with Crippen molar-refractivity contribution >= 4 is 23.5 Å². The van der Waals surface area contributed by atoms with Crippen LogP contribution in [0.15, 0.2) is 23.2 Å². The van der Waals surface area contributed by atoms with Crippen molar-refractivity contribution in [3.8, 4) is 0 Å². The standard InChI is InChI=1S/C13H13N3O/c17-9-10-2-1-3-12-11(10)8-13(15-12)16-6-4-14-5-7-16/h1-3,8,14H,4-7H2. The third-order valence-corrected chi connectivity index (χ3v) is 3.14. The fourth-order valence-corrected chi connectivity index (χ4v) is 2.23. The number of hydrogen-bond acceptors (Lipinski definition) is 4. The molecule has 17 heavy (non-hydrogen) atoms. The quantitative estimate of drug-likeness (QED) is 0.613. The Morgan fingerprint density at radius 3 is 2.88 bits per heavy atom. The van der Waals surface area contributed by atoms with Crippen molar-refractivity contribution in [3.63, 3.8) is 0 Å². The van der Waals surface area contributed by atoms with Crippen molar-refractivity contribution in [2.24, 2.45) is 4.99 Å². The molecule has 1 fully saturated rings. The monoisotopic (exact) mass is 227 g/mol. The van der Waals surface area contributed by atoms with E-state index in [2.05, 4.69) is 15.2 Å². The van der Waals surface area contributed by atoms with Crippen molar-refractivity contribution < 1.29 is 4.79 Å². The fourth-order valence-electron chi connectivity index (χ4n) is 2.23. The molecule has 0 radical (unpaired) electrons. The first kappa shape index (κ1) is 10.3. The lowest BCUT2D eigenvalue weighted by Crippen LogP contribution is -2.45. The molecule has 2 heterocycles. The average Bonchev–Trinajstić information content (AvgIpc) is 2.83. The Labute approximate surface area is 99.0 Å². The van der Waals surface area contributed by atoms with E-state index in [-0.39, 0.29) is 0 Å². The van der Waals surface area contributed by atoms with Crippen molar-refractivity contribution in [2.45, 2.75) is 0 Å². The number of carbonyl (C=O) groups excluding carboxylic acids is 1. The highest BCUT2D eigenvalue weighted by atomic mass is 16.1. The van der Waals surface area contributed by atoms with Gasteiger partial charge in [-0.05, 0) is 18.2 Å². The summed E-state index contributed by atoms with van der Waals surface area (Å²) >= 11 is 0. The van der Waals surface area contributed by atoms with Gasteiger partial charge in [-0.3, -0.25) is 0 Å². The molecule has 4 heteroatoms. The van der Waals surface area contributed by atoms with E-state index in [1.54, 1.807) is 6.07 Å². The molecule has 86 valence electrons. The SMILES string of the molecule is O=C=c1cccc2c1=CC(N1CCNCC1)=N2. The number of amidine groups is 1. The van der Waals surface area contributed by atoms with Gasteiger partial charge in [0.15, 0.2) is 0 Å². The molecule has 0 unspecified atom stereocenters. The Hall–Kier alpha value is -1.90. The Bertz CT molecular complexity index is 608. The Balaban J connectivity index is 2.03. The molecule has 4 nitrogen and oxygen atoms in total. The number of aliphatic imine (C=N–C) groups is 1. The number of benzene rings is 1. The number of piperazine rings is 1. The highest BCUT2D eigenvalue weighted by molar-refractivity contribution is 6.12. The molecule has 1 aromatic rings. The van der Waals surface area contributed by atoms with Gasteiger partial charge in [0.2, 0.25) is 0 Å². The summed E-state index contributed by atoms with van der Waals surface area (Å²) in [5.74, 6) is 2.93. The van der Waals surface area contributed by atoms with E-state index in [1.807, 2.05) is 24.2 Å². The maximum absolute atomic E-state index is 10.8. The Kier molecular flexibility index (Phi) is 2.52. The van der Waals surface area contributed by atoms with Gasteiger partial charge in [-0.25, -0.2) is 9.79 Å². The molecule has 0 spiro atoms. The summed E-state index contributed by atoms with van der Waals surface area (Å²) in [5, 5.41) is 4.80. The lowest BCUT2D eigenvalue weighted by atomic mass is 10.2. The Morgan fingerprint density at radius 1 is 1.29 bits per heavy atom. The van der Waals surface area contributed by atoms with Gasteiger partial charge < -0.3 is 10.2 Å². The van der Waals surface area contributed by atoms with Gasteiger partial charge in [-0.2, -0.15) is 0 Å². The van der Waals surface area contributed by atoms with Crippen molar-refractivity contribution in [2.75, 3.05) is 26.2 Å². The summed E-state index contributed by atoms with van der Waals surface area (Å²) in [6.07, 6.45) is 1.99. The average molecular weight is 227 g/mol. The molecule has 3 rings (SSSR count). The van der Waals surface area contributed by atoms with E-state index < -0.39 is 0 Å². The van der Waals surface area contributed by atoms with Gasteiger partial charge in [0.25, 0.3) is 0 Å². The number of fused-ring (bicyclic) bond motifs is 1. The van der Waals surface area contributed by atoms with Crippen molar-refractivity contribution in [1.29, 1.82) is 0 Å². The van der Waals surface area contributed by atoms with Gasteiger partial charge in [-0.15, -0.1) is 0 Å². The van der Waals surface area contributed by atoms with E-state index >= 15 is 0 Å². The fraction of sp³-hybridized carbons (Fsp3) is 0.308. The van der Waals surface area contributed by atoms with Crippen LogP contribution in [-0.4, -0.2) is 42.9 Å². The molecule has 0 aliphatic carbocycles. The molecule has 2 aliphatic rings. The van der Waals surface area contributed by atoms with Crippen LogP contribution in [-0.2, 0) is 4.79 Å². The van der Waals surface area contributed by atoms with Crippen LogP contribution in [0.4, 0.5) is 5.69 Å². The summed E-state index contributed by atoms with van der Waals surface area (Å²) in [7, 11) is 0. The largest absolute Gasteiger partial charge is 0.354 e. The topological polar surface area (TPSA) is 44.7 Å². The minimum atomic E-state index is 0.594. The smallest absolute Gasteiger partial charge is 0.133 e. The first-order chi connectivity index (χ1) is 8.38. The van der Waals surface area contributed by atoms with Crippen LogP contribution in [0.1, 0.15) is 0 Å². The molecule has 0 aromatic heterocycles. The highest BCUT2D eigenvalue weighted by Crippen LogP contribution is 2.11.